The smallest absolute Gasteiger partial charge is 0.128 e. The average molecular weight is 277 g/mol. The third-order valence-electron chi connectivity index (χ3n) is 3.72. The first-order valence-electron chi connectivity index (χ1n) is 7.03. The Morgan fingerprint density at radius 2 is 2.00 bits per heavy atom. The van der Waals surface area contributed by atoms with Crippen molar-refractivity contribution >= 4 is 11.3 Å². The van der Waals surface area contributed by atoms with Crippen molar-refractivity contribution in [2.24, 2.45) is 5.92 Å². The quantitative estimate of drug-likeness (QED) is 0.830. The van der Waals surface area contributed by atoms with Gasteiger partial charge in [0.25, 0.3) is 0 Å². The van der Waals surface area contributed by atoms with Crippen LogP contribution < -0.4 is 0 Å². The van der Waals surface area contributed by atoms with Gasteiger partial charge in [-0.2, -0.15) is 5.26 Å². The fourth-order valence-corrected chi connectivity index (χ4v) is 3.54. The van der Waals surface area contributed by atoms with Gasteiger partial charge in [0, 0.05) is 5.41 Å². The molecule has 0 N–H and O–H groups in total. The highest BCUT2D eigenvalue weighted by Crippen LogP contribution is 2.30. The zero-order valence-corrected chi connectivity index (χ0v) is 13.2. The minimum atomic E-state index is -0.0454. The van der Waals surface area contributed by atoms with Crippen LogP contribution in [0, 0.1) is 17.2 Å². The molecule has 1 aliphatic rings. The summed E-state index contributed by atoms with van der Waals surface area (Å²) in [5, 5.41) is 10.3. The normalized spacial score (nSPS) is 18.5. The molecular formula is C15H23N3S. The molecule has 2 heterocycles. The van der Waals surface area contributed by atoms with Crippen molar-refractivity contribution in [3.8, 4) is 6.07 Å². The van der Waals surface area contributed by atoms with E-state index in [-0.39, 0.29) is 5.41 Å². The Kier molecular flexibility index (Phi) is 4.27. The molecule has 1 aromatic rings. The molecule has 0 radical (unpaired) electrons. The van der Waals surface area contributed by atoms with Crippen molar-refractivity contribution in [1.29, 1.82) is 5.26 Å². The highest BCUT2D eigenvalue weighted by Gasteiger charge is 2.24. The van der Waals surface area contributed by atoms with E-state index >= 15 is 0 Å². The summed E-state index contributed by atoms with van der Waals surface area (Å²) in [6, 6.07) is 2.30. The molecule has 0 saturated carbocycles. The van der Waals surface area contributed by atoms with Gasteiger partial charge >= 0.3 is 0 Å². The van der Waals surface area contributed by atoms with Gasteiger partial charge in [-0.25, -0.2) is 4.98 Å². The third-order valence-corrected chi connectivity index (χ3v) is 4.66. The van der Waals surface area contributed by atoms with Crippen molar-refractivity contribution in [2.75, 3.05) is 13.1 Å². The maximum absolute atomic E-state index is 9.24. The van der Waals surface area contributed by atoms with Gasteiger partial charge in [0.15, 0.2) is 0 Å². The summed E-state index contributed by atoms with van der Waals surface area (Å²) < 4.78 is 0. The minimum Gasteiger partial charge on any atom is -0.297 e. The standard InChI is InChI=1S/C15H23N3S/c1-11-5-7-18(8-6-11)10-13-17-14(15(2,3)4)12(9-16)19-13/h11H,5-8,10H2,1-4H3. The lowest BCUT2D eigenvalue weighted by Gasteiger charge is -2.29. The molecule has 0 aromatic carbocycles. The first-order chi connectivity index (χ1) is 8.90. The first kappa shape index (κ1) is 14.5. The largest absolute Gasteiger partial charge is 0.297 e. The van der Waals surface area contributed by atoms with Gasteiger partial charge in [0.2, 0.25) is 0 Å². The predicted octanol–water partition coefficient (Wildman–Crippen LogP) is 3.54. The van der Waals surface area contributed by atoms with Crippen molar-refractivity contribution in [2.45, 2.75) is 52.5 Å². The van der Waals surface area contributed by atoms with Crippen LogP contribution in [0.15, 0.2) is 0 Å². The maximum Gasteiger partial charge on any atom is 0.128 e. The van der Waals surface area contributed by atoms with E-state index in [1.54, 1.807) is 11.3 Å². The summed E-state index contributed by atoms with van der Waals surface area (Å²) in [6.45, 7) is 11.9. The SMILES string of the molecule is CC1CCN(Cc2nc(C(C)(C)C)c(C#N)s2)CC1. The van der Waals surface area contributed by atoms with Crippen molar-refractivity contribution in [3.63, 3.8) is 0 Å². The summed E-state index contributed by atoms with van der Waals surface area (Å²) >= 11 is 1.57. The average Bonchev–Trinajstić information content (AvgIpc) is 2.75. The van der Waals surface area contributed by atoms with E-state index in [0.717, 1.165) is 41.1 Å². The van der Waals surface area contributed by atoms with Gasteiger partial charge in [0.1, 0.15) is 16.0 Å². The van der Waals surface area contributed by atoms with Crippen molar-refractivity contribution in [3.05, 3.63) is 15.6 Å². The van der Waals surface area contributed by atoms with Gasteiger partial charge in [-0.05, 0) is 31.8 Å². The molecule has 2 rings (SSSR count). The van der Waals surface area contributed by atoms with Gasteiger partial charge in [-0.1, -0.05) is 27.7 Å². The second-order valence-electron chi connectivity index (χ2n) is 6.61. The van der Waals surface area contributed by atoms with E-state index in [1.165, 1.54) is 12.8 Å². The van der Waals surface area contributed by atoms with Gasteiger partial charge in [-0.3, -0.25) is 4.90 Å². The Morgan fingerprint density at radius 1 is 1.37 bits per heavy atom. The second kappa shape index (κ2) is 5.60. The fraction of sp³-hybridized carbons (Fsp3) is 0.733. The van der Waals surface area contributed by atoms with E-state index in [2.05, 4.69) is 38.7 Å². The van der Waals surface area contributed by atoms with E-state index in [9.17, 15) is 5.26 Å². The molecule has 0 amide bonds. The number of nitrogens with zero attached hydrogens (tertiary/aromatic N) is 3. The highest BCUT2D eigenvalue weighted by molar-refractivity contribution is 7.12. The lowest BCUT2D eigenvalue weighted by Crippen LogP contribution is -2.32. The summed E-state index contributed by atoms with van der Waals surface area (Å²) in [6.07, 6.45) is 2.56. The number of likely N-dealkylation sites (tertiary alicyclic amines) is 1. The Labute approximate surface area is 120 Å². The highest BCUT2D eigenvalue weighted by atomic mass is 32.1. The number of piperidine rings is 1. The van der Waals surface area contributed by atoms with Crippen LogP contribution in [0.5, 0.6) is 0 Å². The lowest BCUT2D eigenvalue weighted by atomic mass is 9.91. The Morgan fingerprint density at radius 3 is 2.47 bits per heavy atom. The van der Waals surface area contributed by atoms with Crippen LogP contribution in [-0.4, -0.2) is 23.0 Å². The van der Waals surface area contributed by atoms with Gasteiger partial charge in [0.05, 0.1) is 12.2 Å². The van der Waals surface area contributed by atoms with E-state index in [0.29, 0.717) is 0 Å². The molecule has 0 aliphatic carbocycles. The minimum absolute atomic E-state index is 0.0454. The molecule has 3 nitrogen and oxygen atoms in total. The van der Waals surface area contributed by atoms with Crippen LogP contribution in [0.1, 0.15) is 56.1 Å². The van der Waals surface area contributed by atoms with Gasteiger partial charge < -0.3 is 0 Å². The molecule has 0 bridgehead atoms. The molecule has 0 atom stereocenters. The summed E-state index contributed by atoms with van der Waals surface area (Å²) in [5.74, 6) is 0.854. The van der Waals surface area contributed by atoms with E-state index < -0.39 is 0 Å². The fourth-order valence-electron chi connectivity index (χ4n) is 2.43. The maximum atomic E-state index is 9.24. The van der Waals surface area contributed by atoms with Crippen LogP contribution in [-0.2, 0) is 12.0 Å². The van der Waals surface area contributed by atoms with Crippen LogP contribution in [0.2, 0.25) is 0 Å². The second-order valence-corrected chi connectivity index (χ2v) is 7.69. The van der Waals surface area contributed by atoms with E-state index in [1.807, 2.05) is 0 Å². The lowest BCUT2D eigenvalue weighted by molar-refractivity contribution is 0.185. The number of rotatable bonds is 2. The molecule has 19 heavy (non-hydrogen) atoms. The number of thiazole rings is 1. The van der Waals surface area contributed by atoms with E-state index in [4.69, 9.17) is 4.98 Å². The Balaban J connectivity index is 2.10. The first-order valence-corrected chi connectivity index (χ1v) is 7.84. The van der Waals surface area contributed by atoms with Crippen molar-refractivity contribution < 1.29 is 0 Å². The molecule has 1 fully saturated rings. The molecular weight excluding hydrogens is 254 g/mol. The summed E-state index contributed by atoms with van der Waals surface area (Å²) in [4.78, 5) is 7.97. The Hall–Kier alpha value is -0.920. The molecule has 4 heteroatoms. The van der Waals surface area contributed by atoms with Crippen LogP contribution in [0.25, 0.3) is 0 Å². The number of aromatic nitrogens is 1. The zero-order valence-electron chi connectivity index (χ0n) is 12.4. The molecule has 0 spiro atoms. The Bertz CT molecular complexity index is 471. The monoisotopic (exact) mass is 277 g/mol. The molecule has 1 saturated heterocycles. The molecule has 0 unspecified atom stereocenters. The molecule has 1 aromatic heterocycles. The predicted molar refractivity (Wildman–Crippen MR) is 79.2 cm³/mol. The topological polar surface area (TPSA) is 39.9 Å². The van der Waals surface area contributed by atoms with Crippen LogP contribution in [0.3, 0.4) is 0 Å². The molecule has 1 aliphatic heterocycles. The summed E-state index contributed by atoms with van der Waals surface area (Å²) in [5.41, 5.74) is 0.913. The van der Waals surface area contributed by atoms with Crippen LogP contribution >= 0.6 is 11.3 Å². The number of hydrogen-bond donors (Lipinski definition) is 0. The third kappa shape index (κ3) is 3.55. The van der Waals surface area contributed by atoms with Crippen LogP contribution in [0.4, 0.5) is 0 Å². The number of nitriles is 1. The molecule has 104 valence electrons. The van der Waals surface area contributed by atoms with Crippen molar-refractivity contribution in [1.82, 2.24) is 9.88 Å². The zero-order chi connectivity index (χ0) is 14.0. The van der Waals surface area contributed by atoms with Gasteiger partial charge in [-0.15, -0.1) is 11.3 Å². The number of hydrogen-bond acceptors (Lipinski definition) is 4. The summed E-state index contributed by atoms with van der Waals surface area (Å²) in [7, 11) is 0.